The van der Waals surface area contributed by atoms with E-state index in [9.17, 15) is 0 Å². The van der Waals surface area contributed by atoms with Crippen LogP contribution in [0.15, 0.2) is 36.4 Å². The lowest BCUT2D eigenvalue weighted by atomic mass is 10.1. The second-order valence-corrected chi connectivity index (χ2v) is 4.13. The molecule has 1 heterocycles. The van der Waals surface area contributed by atoms with E-state index < -0.39 is 0 Å². The fourth-order valence-electron chi connectivity index (χ4n) is 2.04. The average molecular weight is 232 g/mol. The van der Waals surface area contributed by atoms with Crippen molar-refractivity contribution in [1.82, 2.24) is 4.98 Å². The van der Waals surface area contributed by atoms with Gasteiger partial charge in [-0.25, -0.2) is 0 Å². The molecule has 3 rings (SSSR count). The number of H-pyrrole nitrogens is 1. The summed E-state index contributed by atoms with van der Waals surface area (Å²) in [6, 6.07) is 11.8. The molecule has 1 N–H and O–H groups in total. The number of para-hydroxylation sites is 1. The van der Waals surface area contributed by atoms with Gasteiger partial charge in [-0.2, -0.15) is 0 Å². The number of aromatic nitrogens is 1. The van der Waals surface area contributed by atoms with Crippen LogP contribution in [0.2, 0.25) is 5.02 Å². The largest absolute Gasteiger partial charge is 0.495 e. The van der Waals surface area contributed by atoms with Crippen molar-refractivity contribution in [2.75, 3.05) is 7.11 Å². The number of hydrogen-bond acceptors (Lipinski definition) is 1. The minimum absolute atomic E-state index is 0.746. The molecular formula is C13H10ClNO. The van der Waals surface area contributed by atoms with E-state index >= 15 is 0 Å². The maximum absolute atomic E-state index is 6.00. The maximum Gasteiger partial charge on any atom is 0.142 e. The first-order valence-electron chi connectivity index (χ1n) is 5.03. The van der Waals surface area contributed by atoms with Gasteiger partial charge >= 0.3 is 0 Å². The zero-order chi connectivity index (χ0) is 11.1. The van der Waals surface area contributed by atoms with Gasteiger partial charge in [0.05, 0.1) is 12.6 Å². The first-order chi connectivity index (χ1) is 7.79. The van der Waals surface area contributed by atoms with E-state index in [0.29, 0.717) is 0 Å². The number of aromatic amines is 1. The van der Waals surface area contributed by atoms with Gasteiger partial charge in [-0.05, 0) is 24.3 Å². The Bertz CT molecular complexity index is 672. The minimum atomic E-state index is 0.746. The topological polar surface area (TPSA) is 25.0 Å². The van der Waals surface area contributed by atoms with Crippen LogP contribution in [0.3, 0.4) is 0 Å². The normalized spacial score (nSPS) is 11.1. The van der Waals surface area contributed by atoms with E-state index in [1.165, 1.54) is 0 Å². The minimum Gasteiger partial charge on any atom is -0.495 e. The van der Waals surface area contributed by atoms with E-state index in [4.69, 9.17) is 16.3 Å². The summed E-state index contributed by atoms with van der Waals surface area (Å²) in [5, 5.41) is 3.01. The fourth-order valence-corrected chi connectivity index (χ4v) is 2.21. The molecule has 3 aromatic rings. The third-order valence-corrected chi connectivity index (χ3v) is 3.01. The number of halogens is 1. The van der Waals surface area contributed by atoms with Crippen LogP contribution in [-0.4, -0.2) is 12.1 Å². The number of methoxy groups -OCH3 is 1. The maximum atomic E-state index is 6.00. The first kappa shape index (κ1) is 9.55. The summed E-state index contributed by atoms with van der Waals surface area (Å²) in [6.07, 6.45) is 0. The van der Waals surface area contributed by atoms with Crippen LogP contribution in [0.1, 0.15) is 0 Å². The summed E-state index contributed by atoms with van der Waals surface area (Å²) in [5.41, 5.74) is 2.09. The number of rotatable bonds is 1. The predicted octanol–water partition coefficient (Wildman–Crippen LogP) is 3.98. The van der Waals surface area contributed by atoms with Crippen molar-refractivity contribution in [1.29, 1.82) is 0 Å². The highest BCUT2D eigenvalue weighted by Gasteiger charge is 2.07. The number of fused-ring (bicyclic) bond motifs is 3. The first-order valence-corrected chi connectivity index (χ1v) is 5.41. The van der Waals surface area contributed by atoms with Crippen molar-refractivity contribution in [3.63, 3.8) is 0 Å². The van der Waals surface area contributed by atoms with Crippen LogP contribution in [0.4, 0.5) is 0 Å². The molecule has 0 unspecified atom stereocenters. The molecule has 1 aromatic heterocycles. The molecular weight excluding hydrogens is 222 g/mol. The van der Waals surface area contributed by atoms with Crippen LogP contribution in [0.25, 0.3) is 21.8 Å². The van der Waals surface area contributed by atoms with Crippen molar-refractivity contribution in [2.45, 2.75) is 0 Å². The molecule has 0 amide bonds. The number of hydrogen-bond donors (Lipinski definition) is 1. The van der Waals surface area contributed by atoms with Gasteiger partial charge in [-0.15, -0.1) is 0 Å². The molecule has 2 aromatic carbocycles. The van der Waals surface area contributed by atoms with E-state index in [0.717, 1.165) is 32.6 Å². The third-order valence-electron chi connectivity index (χ3n) is 2.78. The molecule has 0 atom stereocenters. The molecule has 80 valence electrons. The van der Waals surface area contributed by atoms with Crippen molar-refractivity contribution >= 4 is 33.4 Å². The van der Waals surface area contributed by atoms with Crippen molar-refractivity contribution < 1.29 is 4.74 Å². The highest BCUT2D eigenvalue weighted by atomic mass is 35.5. The Morgan fingerprint density at radius 2 is 2.00 bits per heavy atom. The van der Waals surface area contributed by atoms with E-state index in [1.54, 1.807) is 7.11 Å². The number of nitrogens with one attached hydrogen (secondary N) is 1. The van der Waals surface area contributed by atoms with Gasteiger partial charge in [0, 0.05) is 21.3 Å². The lowest BCUT2D eigenvalue weighted by Gasteiger charge is -1.99. The second kappa shape index (κ2) is 3.42. The summed E-state index contributed by atoms with van der Waals surface area (Å²) < 4.78 is 5.32. The monoisotopic (exact) mass is 231 g/mol. The lowest BCUT2D eigenvalue weighted by Crippen LogP contribution is -1.82. The molecule has 0 spiro atoms. The summed E-state index contributed by atoms with van der Waals surface area (Å²) >= 11 is 6.00. The van der Waals surface area contributed by atoms with E-state index in [1.807, 2.05) is 30.3 Å². The Morgan fingerprint density at radius 3 is 2.81 bits per heavy atom. The van der Waals surface area contributed by atoms with E-state index in [2.05, 4.69) is 11.1 Å². The van der Waals surface area contributed by atoms with Gasteiger partial charge in [-0.1, -0.05) is 23.7 Å². The molecule has 16 heavy (non-hydrogen) atoms. The Labute approximate surface area is 97.8 Å². The summed E-state index contributed by atoms with van der Waals surface area (Å²) in [5.74, 6) is 0.852. The van der Waals surface area contributed by atoms with Crippen LogP contribution in [-0.2, 0) is 0 Å². The summed E-state index contributed by atoms with van der Waals surface area (Å²) in [4.78, 5) is 3.34. The van der Waals surface area contributed by atoms with Crippen molar-refractivity contribution in [3.8, 4) is 5.75 Å². The number of ether oxygens (including phenoxy) is 1. The number of benzene rings is 2. The molecule has 0 aliphatic heterocycles. The lowest BCUT2D eigenvalue weighted by molar-refractivity contribution is 0.419. The highest BCUT2D eigenvalue weighted by Crippen LogP contribution is 2.32. The van der Waals surface area contributed by atoms with Crippen molar-refractivity contribution in [3.05, 3.63) is 41.4 Å². The molecule has 0 fully saturated rings. The molecule has 0 aliphatic rings. The fraction of sp³-hybridized carbons (Fsp3) is 0.0769. The molecule has 0 bridgehead atoms. The summed E-state index contributed by atoms with van der Waals surface area (Å²) in [6.45, 7) is 0. The Morgan fingerprint density at radius 1 is 1.12 bits per heavy atom. The third kappa shape index (κ3) is 1.27. The van der Waals surface area contributed by atoms with Crippen LogP contribution < -0.4 is 4.74 Å². The van der Waals surface area contributed by atoms with Gasteiger partial charge < -0.3 is 9.72 Å². The standard InChI is InChI=1S/C13H10ClNO/c1-16-12-4-2-3-9-10-7-8(14)5-6-11(10)15-13(9)12/h2-7,15H,1H3. The predicted molar refractivity (Wildman–Crippen MR) is 67.4 cm³/mol. The highest BCUT2D eigenvalue weighted by molar-refractivity contribution is 6.31. The second-order valence-electron chi connectivity index (χ2n) is 3.70. The van der Waals surface area contributed by atoms with Gasteiger partial charge in [0.2, 0.25) is 0 Å². The van der Waals surface area contributed by atoms with Gasteiger partial charge in [0.1, 0.15) is 5.75 Å². The average Bonchev–Trinajstić information content (AvgIpc) is 2.67. The molecule has 2 nitrogen and oxygen atoms in total. The Kier molecular flexibility index (Phi) is 2.04. The van der Waals surface area contributed by atoms with Gasteiger partial charge in [0.25, 0.3) is 0 Å². The van der Waals surface area contributed by atoms with Crippen LogP contribution in [0, 0.1) is 0 Å². The smallest absolute Gasteiger partial charge is 0.142 e. The Balaban J connectivity index is 2.50. The molecule has 0 radical (unpaired) electrons. The Hall–Kier alpha value is -1.67. The van der Waals surface area contributed by atoms with Crippen molar-refractivity contribution in [2.24, 2.45) is 0 Å². The zero-order valence-electron chi connectivity index (χ0n) is 8.75. The zero-order valence-corrected chi connectivity index (χ0v) is 9.51. The summed E-state index contributed by atoms with van der Waals surface area (Å²) in [7, 11) is 1.67. The van der Waals surface area contributed by atoms with E-state index in [-0.39, 0.29) is 0 Å². The molecule has 0 aliphatic carbocycles. The molecule has 0 saturated heterocycles. The molecule has 3 heteroatoms. The quantitative estimate of drug-likeness (QED) is 0.673. The van der Waals surface area contributed by atoms with Gasteiger partial charge in [0.15, 0.2) is 0 Å². The SMILES string of the molecule is COc1cccc2c1[nH]c1ccc(Cl)cc12. The molecule has 0 saturated carbocycles. The van der Waals surface area contributed by atoms with Crippen LogP contribution in [0.5, 0.6) is 5.75 Å². The van der Waals surface area contributed by atoms with Gasteiger partial charge in [-0.3, -0.25) is 0 Å². The van der Waals surface area contributed by atoms with Crippen LogP contribution >= 0.6 is 11.6 Å².